The van der Waals surface area contributed by atoms with Gasteiger partial charge in [0.05, 0.1) is 18.0 Å². The van der Waals surface area contributed by atoms with Crippen LogP contribution in [-0.4, -0.2) is 46.4 Å². The summed E-state index contributed by atoms with van der Waals surface area (Å²) in [7, 11) is 2.25. The number of nitrogens with one attached hydrogen (secondary N) is 2. The highest BCUT2D eigenvalue weighted by Crippen LogP contribution is 2.26. The zero-order chi connectivity index (χ0) is 19.5. The number of benzene rings is 2. The monoisotopic (exact) mass is 380 g/mol. The fourth-order valence-corrected chi connectivity index (χ4v) is 3.91. The van der Waals surface area contributed by atoms with Crippen molar-refractivity contribution in [2.45, 2.75) is 6.92 Å². The average Bonchev–Trinajstić information content (AvgIpc) is 2.70. The van der Waals surface area contributed by atoms with Crippen LogP contribution in [0.4, 0.5) is 0 Å². The lowest BCUT2D eigenvalue weighted by atomic mass is 10.0. The number of rotatable bonds is 5. The molecule has 0 unspecified atom stereocenters. The Kier molecular flexibility index (Phi) is 5.46. The van der Waals surface area contributed by atoms with Crippen LogP contribution in [0.25, 0.3) is 22.1 Å². The number of piperazine rings is 1. The van der Waals surface area contributed by atoms with Gasteiger partial charge in [-0.2, -0.15) is 0 Å². The molecule has 1 aliphatic heterocycles. The Bertz CT molecular complexity index is 1010. The maximum Gasteiger partial charge on any atom is 0.200 e. The Morgan fingerprint density at radius 1 is 1.04 bits per heavy atom. The van der Waals surface area contributed by atoms with E-state index in [2.05, 4.69) is 7.05 Å². The third-order valence-corrected chi connectivity index (χ3v) is 5.64. The minimum absolute atomic E-state index is 0.000816. The highest BCUT2D eigenvalue weighted by molar-refractivity contribution is 5.83. The zero-order valence-electron chi connectivity index (χ0n) is 16.6. The highest BCUT2D eigenvalue weighted by Gasteiger charge is 2.19. The first-order valence-corrected chi connectivity index (χ1v) is 10.0. The molecule has 5 heteroatoms. The van der Waals surface area contributed by atoms with Crippen molar-refractivity contribution >= 4 is 11.0 Å². The van der Waals surface area contributed by atoms with Crippen molar-refractivity contribution in [2.75, 3.05) is 46.4 Å². The van der Waals surface area contributed by atoms with E-state index in [0.29, 0.717) is 28.9 Å². The number of hydrogen-bond acceptors (Lipinski definition) is 3. The van der Waals surface area contributed by atoms with Crippen LogP contribution < -0.4 is 20.0 Å². The Balaban J connectivity index is 1.51. The van der Waals surface area contributed by atoms with E-state index < -0.39 is 0 Å². The predicted molar refractivity (Wildman–Crippen MR) is 110 cm³/mol. The second kappa shape index (κ2) is 8.17. The summed E-state index contributed by atoms with van der Waals surface area (Å²) in [6.45, 7) is 8.35. The van der Waals surface area contributed by atoms with E-state index >= 15 is 0 Å². The summed E-state index contributed by atoms with van der Waals surface area (Å²) < 4.78 is 11.9. The summed E-state index contributed by atoms with van der Waals surface area (Å²) in [5.41, 5.74) is 2.09. The average molecular weight is 380 g/mol. The number of quaternary nitrogens is 2. The molecule has 1 aromatic heterocycles. The molecule has 3 aromatic rings. The van der Waals surface area contributed by atoms with E-state index in [4.69, 9.17) is 9.15 Å². The molecule has 1 aliphatic rings. The molecule has 0 aliphatic carbocycles. The van der Waals surface area contributed by atoms with Gasteiger partial charge < -0.3 is 19.0 Å². The number of hydrogen-bond donors (Lipinski definition) is 2. The first-order valence-electron chi connectivity index (χ1n) is 10.0. The molecule has 1 fully saturated rings. The van der Waals surface area contributed by atoms with E-state index in [1.807, 2.05) is 55.5 Å². The molecular weight excluding hydrogens is 352 g/mol. The molecule has 1 saturated heterocycles. The summed E-state index contributed by atoms with van der Waals surface area (Å²) in [5.74, 6) is 1.38. The van der Waals surface area contributed by atoms with Gasteiger partial charge in [0.25, 0.3) is 0 Å². The maximum absolute atomic E-state index is 13.0. The molecule has 146 valence electrons. The number of ether oxygens (including phenoxy) is 1. The lowest BCUT2D eigenvalue weighted by Gasteiger charge is -2.27. The predicted octanol–water partition coefficient (Wildman–Crippen LogP) is 0.560. The van der Waals surface area contributed by atoms with Gasteiger partial charge in [0.1, 0.15) is 56.4 Å². The van der Waals surface area contributed by atoms with Crippen molar-refractivity contribution in [2.24, 2.45) is 0 Å². The summed E-state index contributed by atoms with van der Waals surface area (Å²) in [6.07, 6.45) is 0. The number of likely N-dealkylation sites (N-methyl/N-ethyl adjacent to an activating group) is 1. The van der Waals surface area contributed by atoms with Crippen molar-refractivity contribution in [1.29, 1.82) is 0 Å². The summed E-state index contributed by atoms with van der Waals surface area (Å²) in [6, 6.07) is 15.2. The van der Waals surface area contributed by atoms with Crippen LogP contribution in [0.15, 0.2) is 57.7 Å². The highest BCUT2D eigenvalue weighted by atomic mass is 16.5. The van der Waals surface area contributed by atoms with Gasteiger partial charge in [0.15, 0.2) is 0 Å². The summed E-state index contributed by atoms with van der Waals surface area (Å²) in [4.78, 5) is 16.2. The quantitative estimate of drug-likeness (QED) is 0.680. The second-order valence-corrected chi connectivity index (χ2v) is 7.69. The summed E-state index contributed by atoms with van der Waals surface area (Å²) >= 11 is 0. The summed E-state index contributed by atoms with van der Waals surface area (Å²) in [5, 5.41) is 0.587. The molecule has 0 radical (unpaired) electrons. The lowest BCUT2D eigenvalue weighted by molar-refractivity contribution is -1.00. The van der Waals surface area contributed by atoms with Gasteiger partial charge in [-0.1, -0.05) is 30.3 Å². The van der Waals surface area contributed by atoms with Crippen molar-refractivity contribution in [3.63, 3.8) is 0 Å². The van der Waals surface area contributed by atoms with Gasteiger partial charge in [0.2, 0.25) is 5.43 Å². The van der Waals surface area contributed by atoms with Crippen LogP contribution in [0.2, 0.25) is 0 Å². The standard InChI is InChI=1S/C23H26N2O3/c1-17-22(18-6-4-3-5-7-18)23(26)20-9-8-19(16-21(20)28-17)27-15-14-25-12-10-24(2)11-13-25/h3-9,16H,10-15H2,1-2H3/p+2. The van der Waals surface area contributed by atoms with Crippen LogP contribution >= 0.6 is 0 Å². The largest absolute Gasteiger partial charge is 0.488 e. The molecule has 2 heterocycles. The molecule has 2 N–H and O–H groups in total. The van der Waals surface area contributed by atoms with Crippen molar-refractivity contribution < 1.29 is 19.0 Å². The van der Waals surface area contributed by atoms with Crippen molar-refractivity contribution in [3.8, 4) is 16.9 Å². The minimum atomic E-state index is 0.000816. The van der Waals surface area contributed by atoms with Gasteiger partial charge >= 0.3 is 0 Å². The van der Waals surface area contributed by atoms with E-state index in [1.165, 1.54) is 26.2 Å². The molecule has 5 nitrogen and oxygen atoms in total. The molecule has 0 spiro atoms. The first-order chi connectivity index (χ1) is 13.6. The molecule has 0 bridgehead atoms. The van der Waals surface area contributed by atoms with Crippen molar-refractivity contribution in [1.82, 2.24) is 0 Å². The Morgan fingerprint density at radius 2 is 1.79 bits per heavy atom. The van der Waals surface area contributed by atoms with Gasteiger partial charge in [0, 0.05) is 6.07 Å². The SMILES string of the molecule is Cc1oc2cc(OCC[NH+]3CC[NH+](C)CC3)ccc2c(=O)c1-c1ccccc1. The normalized spacial score (nSPS) is 19.6. The molecule has 28 heavy (non-hydrogen) atoms. The molecule has 0 atom stereocenters. The Hall–Kier alpha value is -2.63. The first kappa shape index (κ1) is 18.7. The van der Waals surface area contributed by atoms with Gasteiger partial charge in [-0.15, -0.1) is 0 Å². The van der Waals surface area contributed by atoms with E-state index in [0.717, 1.165) is 17.9 Å². The maximum atomic E-state index is 13.0. The van der Waals surface area contributed by atoms with Crippen LogP contribution in [-0.2, 0) is 0 Å². The van der Waals surface area contributed by atoms with Crippen LogP contribution in [0.1, 0.15) is 5.76 Å². The molecule has 4 rings (SSSR count). The number of aryl methyl sites for hydroxylation is 1. The van der Waals surface area contributed by atoms with Crippen LogP contribution in [0.5, 0.6) is 5.75 Å². The third kappa shape index (κ3) is 3.96. The van der Waals surface area contributed by atoms with E-state index in [9.17, 15) is 4.79 Å². The third-order valence-electron chi connectivity index (χ3n) is 5.64. The van der Waals surface area contributed by atoms with Crippen LogP contribution in [0.3, 0.4) is 0 Å². The molecular formula is C23H28N2O3+2. The topological polar surface area (TPSA) is 48.3 Å². The Labute approximate surface area is 165 Å². The minimum Gasteiger partial charge on any atom is -0.488 e. The smallest absolute Gasteiger partial charge is 0.200 e. The van der Waals surface area contributed by atoms with Gasteiger partial charge in [-0.25, -0.2) is 0 Å². The molecule has 2 aromatic carbocycles. The lowest BCUT2D eigenvalue weighted by Crippen LogP contribution is -3.27. The number of fused-ring (bicyclic) bond motifs is 1. The van der Waals surface area contributed by atoms with Crippen molar-refractivity contribution in [3.05, 3.63) is 64.5 Å². The Morgan fingerprint density at radius 3 is 2.54 bits per heavy atom. The molecule has 0 amide bonds. The van der Waals surface area contributed by atoms with E-state index in [1.54, 1.807) is 9.80 Å². The fourth-order valence-electron chi connectivity index (χ4n) is 3.91. The fraction of sp³-hybridized carbons (Fsp3) is 0.348. The van der Waals surface area contributed by atoms with Crippen LogP contribution in [0, 0.1) is 6.92 Å². The van der Waals surface area contributed by atoms with Gasteiger partial charge in [-0.3, -0.25) is 4.79 Å². The van der Waals surface area contributed by atoms with Gasteiger partial charge in [-0.05, 0) is 24.6 Å². The molecule has 0 saturated carbocycles. The second-order valence-electron chi connectivity index (χ2n) is 7.69. The zero-order valence-corrected chi connectivity index (χ0v) is 16.6. The van der Waals surface area contributed by atoms with E-state index in [-0.39, 0.29) is 5.43 Å².